The zero-order chi connectivity index (χ0) is 8.91. The van der Waals surface area contributed by atoms with E-state index in [9.17, 15) is 0 Å². The fourth-order valence-electron chi connectivity index (χ4n) is 1.50. The van der Waals surface area contributed by atoms with Crippen molar-refractivity contribution in [3.05, 3.63) is 0 Å². The number of ether oxygens (including phenoxy) is 1. The number of epoxide rings is 1. The van der Waals surface area contributed by atoms with Crippen molar-refractivity contribution in [3.63, 3.8) is 0 Å². The highest BCUT2D eigenvalue weighted by molar-refractivity contribution is 7.13. The van der Waals surface area contributed by atoms with Gasteiger partial charge in [-0.05, 0) is 34.6 Å². The minimum atomic E-state index is -0.0399. The monoisotopic (exact) mass is 175 g/mol. The maximum atomic E-state index is 5.67. The molecule has 0 saturated carbocycles. The highest BCUT2D eigenvalue weighted by Gasteiger charge is 2.67. The van der Waals surface area contributed by atoms with Crippen molar-refractivity contribution in [2.24, 2.45) is 0 Å². The van der Waals surface area contributed by atoms with Gasteiger partial charge in [-0.3, -0.25) is 5.09 Å². The standard InChI is InChI=1S/C8H18NOP/c1-6(2,9-11)8(5)7(3,4)10-8/h9H,11H2,1-5H3. The molecule has 11 heavy (non-hydrogen) atoms. The molecule has 1 N–H and O–H groups in total. The summed E-state index contributed by atoms with van der Waals surface area (Å²) in [7, 11) is 2.55. The zero-order valence-corrected chi connectivity index (χ0v) is 9.14. The largest absolute Gasteiger partial charge is 0.361 e. The van der Waals surface area contributed by atoms with Crippen LogP contribution in [0.5, 0.6) is 0 Å². The minimum Gasteiger partial charge on any atom is -0.361 e. The van der Waals surface area contributed by atoms with Gasteiger partial charge in [0.2, 0.25) is 0 Å². The van der Waals surface area contributed by atoms with E-state index < -0.39 is 0 Å². The van der Waals surface area contributed by atoms with Gasteiger partial charge in [0.1, 0.15) is 5.60 Å². The van der Waals surface area contributed by atoms with Crippen LogP contribution in [-0.4, -0.2) is 16.7 Å². The van der Waals surface area contributed by atoms with Gasteiger partial charge in [0, 0.05) is 5.54 Å². The molecule has 66 valence electrons. The molecule has 2 nitrogen and oxygen atoms in total. The molecule has 0 amide bonds. The van der Waals surface area contributed by atoms with E-state index in [-0.39, 0.29) is 16.7 Å². The summed E-state index contributed by atoms with van der Waals surface area (Å²) in [6.07, 6.45) is 0. The van der Waals surface area contributed by atoms with Crippen molar-refractivity contribution in [2.45, 2.75) is 51.4 Å². The second-order valence-electron chi connectivity index (χ2n) is 4.41. The summed E-state index contributed by atoms with van der Waals surface area (Å²) in [5.41, 5.74) is -0.0109. The quantitative estimate of drug-likeness (QED) is 0.510. The normalized spacial score (nSPS) is 35.5. The van der Waals surface area contributed by atoms with Crippen LogP contribution >= 0.6 is 9.39 Å². The second kappa shape index (κ2) is 2.18. The van der Waals surface area contributed by atoms with Crippen molar-refractivity contribution < 1.29 is 4.74 Å². The lowest BCUT2D eigenvalue weighted by Gasteiger charge is -2.30. The molecule has 0 spiro atoms. The van der Waals surface area contributed by atoms with Crippen molar-refractivity contribution in [1.29, 1.82) is 0 Å². The average Bonchev–Trinajstić information content (AvgIpc) is 2.35. The van der Waals surface area contributed by atoms with Crippen LogP contribution in [0, 0.1) is 0 Å². The first-order chi connectivity index (χ1) is 4.77. The lowest BCUT2D eigenvalue weighted by Crippen LogP contribution is -2.49. The summed E-state index contributed by atoms with van der Waals surface area (Å²) in [6.45, 7) is 10.7. The molecule has 0 aromatic carbocycles. The molecule has 1 fully saturated rings. The summed E-state index contributed by atoms with van der Waals surface area (Å²) in [6, 6.07) is 0. The maximum absolute atomic E-state index is 5.67. The molecular formula is C8H18NOP. The first-order valence-corrected chi connectivity index (χ1v) is 4.52. The topological polar surface area (TPSA) is 24.6 Å². The number of hydrogen-bond acceptors (Lipinski definition) is 2. The molecule has 0 aliphatic carbocycles. The molecule has 3 heteroatoms. The molecule has 1 heterocycles. The fraction of sp³-hybridized carbons (Fsp3) is 1.00. The average molecular weight is 175 g/mol. The van der Waals surface area contributed by atoms with Gasteiger partial charge in [-0.15, -0.1) is 0 Å². The summed E-state index contributed by atoms with van der Waals surface area (Å²) in [5, 5.41) is 3.19. The number of rotatable bonds is 2. The van der Waals surface area contributed by atoms with E-state index in [1.165, 1.54) is 0 Å². The van der Waals surface area contributed by atoms with E-state index in [4.69, 9.17) is 4.74 Å². The van der Waals surface area contributed by atoms with Crippen molar-refractivity contribution in [3.8, 4) is 0 Å². The van der Waals surface area contributed by atoms with E-state index in [0.717, 1.165) is 0 Å². The van der Waals surface area contributed by atoms with E-state index in [0.29, 0.717) is 0 Å². The van der Waals surface area contributed by atoms with Gasteiger partial charge >= 0.3 is 0 Å². The van der Waals surface area contributed by atoms with Crippen molar-refractivity contribution in [2.75, 3.05) is 0 Å². The molecule has 0 bridgehead atoms. The molecule has 1 saturated heterocycles. The number of hydrogen-bond donors (Lipinski definition) is 1. The van der Waals surface area contributed by atoms with Gasteiger partial charge in [0.15, 0.2) is 0 Å². The molecule has 2 unspecified atom stereocenters. The van der Waals surface area contributed by atoms with Crippen LogP contribution in [0.1, 0.15) is 34.6 Å². The van der Waals surface area contributed by atoms with Crippen molar-refractivity contribution >= 4 is 9.39 Å². The van der Waals surface area contributed by atoms with Crippen LogP contribution in [0.25, 0.3) is 0 Å². The highest BCUT2D eigenvalue weighted by atomic mass is 31.0. The van der Waals surface area contributed by atoms with Gasteiger partial charge in [0.25, 0.3) is 0 Å². The third-order valence-corrected chi connectivity index (χ3v) is 3.84. The third kappa shape index (κ3) is 1.12. The van der Waals surface area contributed by atoms with Gasteiger partial charge in [-0.1, -0.05) is 9.39 Å². The molecule has 0 aromatic rings. The molecule has 1 aliphatic heterocycles. The van der Waals surface area contributed by atoms with Gasteiger partial charge in [-0.25, -0.2) is 0 Å². The van der Waals surface area contributed by atoms with Crippen LogP contribution < -0.4 is 5.09 Å². The Labute approximate surface area is 71.3 Å². The van der Waals surface area contributed by atoms with E-state index in [2.05, 4.69) is 49.1 Å². The minimum absolute atomic E-state index is 0.0140. The van der Waals surface area contributed by atoms with Crippen molar-refractivity contribution in [1.82, 2.24) is 5.09 Å². The molecule has 1 rings (SSSR count). The molecular weight excluding hydrogens is 157 g/mol. The zero-order valence-electron chi connectivity index (χ0n) is 7.99. The molecule has 1 aliphatic rings. The molecule has 0 radical (unpaired) electrons. The smallest absolute Gasteiger partial charge is 0.112 e. The Bertz CT molecular complexity index is 179. The first kappa shape index (κ1) is 9.44. The molecule has 2 atom stereocenters. The van der Waals surface area contributed by atoms with Crippen LogP contribution in [0.15, 0.2) is 0 Å². The van der Waals surface area contributed by atoms with Crippen LogP contribution in [0.2, 0.25) is 0 Å². The molecule has 0 aromatic heterocycles. The lowest BCUT2D eigenvalue weighted by atomic mass is 9.82. The Hall–Kier alpha value is 0.350. The van der Waals surface area contributed by atoms with E-state index >= 15 is 0 Å². The Morgan fingerprint density at radius 2 is 1.64 bits per heavy atom. The van der Waals surface area contributed by atoms with Crippen LogP contribution in [-0.2, 0) is 4.74 Å². The van der Waals surface area contributed by atoms with Gasteiger partial charge in [-0.2, -0.15) is 0 Å². The predicted molar refractivity (Wildman–Crippen MR) is 50.5 cm³/mol. The summed E-state index contributed by atoms with van der Waals surface area (Å²) in [4.78, 5) is 0. The number of nitrogens with one attached hydrogen (secondary N) is 1. The van der Waals surface area contributed by atoms with Crippen LogP contribution in [0.3, 0.4) is 0 Å². The highest BCUT2D eigenvalue weighted by Crippen LogP contribution is 2.53. The Morgan fingerprint density at radius 1 is 1.27 bits per heavy atom. The summed E-state index contributed by atoms with van der Waals surface area (Å²) in [5.74, 6) is 0. The van der Waals surface area contributed by atoms with E-state index in [1.807, 2.05) is 0 Å². The fourth-order valence-corrected chi connectivity index (χ4v) is 1.78. The summed E-state index contributed by atoms with van der Waals surface area (Å²) < 4.78 is 5.67. The van der Waals surface area contributed by atoms with E-state index in [1.54, 1.807) is 0 Å². The Morgan fingerprint density at radius 3 is 1.73 bits per heavy atom. The third-order valence-electron chi connectivity index (χ3n) is 3.12. The Balaban J connectivity index is 2.78. The van der Waals surface area contributed by atoms with Gasteiger partial charge in [0.05, 0.1) is 5.60 Å². The second-order valence-corrected chi connectivity index (χ2v) is 4.70. The SMILES string of the molecule is CC(C)(NP)C1(C)OC1(C)C. The Kier molecular flexibility index (Phi) is 1.87. The first-order valence-electron chi connectivity index (χ1n) is 3.95. The van der Waals surface area contributed by atoms with Crippen LogP contribution in [0.4, 0.5) is 0 Å². The maximum Gasteiger partial charge on any atom is 0.112 e. The summed E-state index contributed by atoms with van der Waals surface area (Å²) >= 11 is 0. The lowest BCUT2D eigenvalue weighted by molar-refractivity contribution is 0.209. The van der Waals surface area contributed by atoms with Gasteiger partial charge < -0.3 is 4.74 Å². The predicted octanol–water partition coefficient (Wildman–Crippen LogP) is 1.71.